The third-order valence-corrected chi connectivity index (χ3v) is 2.87. The van der Waals surface area contributed by atoms with Gasteiger partial charge in [0.25, 0.3) is 0 Å². The maximum absolute atomic E-state index is 6.22. The Morgan fingerprint density at radius 1 is 1.19 bits per heavy atom. The normalized spacial score (nSPS) is 13.5. The van der Waals surface area contributed by atoms with E-state index in [0.29, 0.717) is 0 Å². The Hall–Kier alpha value is -0.990. The van der Waals surface area contributed by atoms with Crippen LogP contribution in [0.3, 0.4) is 0 Å². The van der Waals surface area contributed by atoms with E-state index in [0.717, 1.165) is 0 Å². The van der Waals surface area contributed by atoms with Crippen LogP contribution in [0.5, 0.6) is 0 Å². The number of nitrogens with two attached hydrogens (primary N) is 1. The molecule has 0 unspecified atom stereocenters. The Labute approximate surface area is 103 Å². The van der Waals surface area contributed by atoms with Gasteiger partial charge in [-0.2, -0.15) is 0 Å². The standard InChI is InChI=1S/C13H18N2.ClH/c1-13(2,3)12(14)10-4-5-11-9(8-10)6-7-15-11;/h4-8,12,15H,14H2,1-3H3;1H/t12-;/m0./s1. The molecule has 88 valence electrons. The molecule has 0 aliphatic heterocycles. The number of nitrogens with one attached hydrogen (secondary N) is 1. The zero-order chi connectivity index (χ0) is 11.1. The first-order chi connectivity index (χ1) is 6.98. The summed E-state index contributed by atoms with van der Waals surface area (Å²) in [4.78, 5) is 3.18. The van der Waals surface area contributed by atoms with Crippen LogP contribution in [-0.4, -0.2) is 4.98 Å². The predicted octanol–water partition coefficient (Wildman–Crippen LogP) is 3.64. The molecule has 0 saturated heterocycles. The predicted molar refractivity (Wildman–Crippen MR) is 71.9 cm³/mol. The average molecular weight is 239 g/mol. The Morgan fingerprint density at radius 2 is 1.88 bits per heavy atom. The van der Waals surface area contributed by atoms with Crippen molar-refractivity contribution in [3.63, 3.8) is 0 Å². The SMILES string of the molecule is CC(C)(C)[C@@H](N)c1ccc2[nH]ccc2c1.Cl. The number of aromatic amines is 1. The van der Waals surface area contributed by atoms with Gasteiger partial charge in [0, 0.05) is 17.8 Å². The number of fused-ring (bicyclic) bond motifs is 1. The minimum Gasteiger partial charge on any atom is -0.361 e. The molecule has 1 atom stereocenters. The minimum atomic E-state index is 0. The summed E-state index contributed by atoms with van der Waals surface area (Å²) in [6, 6.07) is 8.53. The van der Waals surface area contributed by atoms with E-state index in [2.05, 4.69) is 50.0 Å². The molecule has 0 spiro atoms. The van der Waals surface area contributed by atoms with E-state index in [4.69, 9.17) is 5.73 Å². The van der Waals surface area contributed by atoms with Gasteiger partial charge in [-0.15, -0.1) is 12.4 Å². The van der Waals surface area contributed by atoms with Crippen molar-refractivity contribution in [2.24, 2.45) is 11.1 Å². The number of halogens is 1. The molecule has 1 aromatic heterocycles. The van der Waals surface area contributed by atoms with Crippen molar-refractivity contribution >= 4 is 23.3 Å². The van der Waals surface area contributed by atoms with Crippen LogP contribution in [0.1, 0.15) is 32.4 Å². The van der Waals surface area contributed by atoms with Gasteiger partial charge in [-0.05, 0) is 34.6 Å². The summed E-state index contributed by atoms with van der Waals surface area (Å²) in [7, 11) is 0. The second-order valence-electron chi connectivity index (χ2n) is 5.17. The van der Waals surface area contributed by atoms with Crippen LogP contribution in [-0.2, 0) is 0 Å². The van der Waals surface area contributed by atoms with Gasteiger partial charge in [0.05, 0.1) is 0 Å². The van der Waals surface area contributed by atoms with Crippen molar-refractivity contribution in [3.05, 3.63) is 36.0 Å². The van der Waals surface area contributed by atoms with E-state index in [1.54, 1.807) is 0 Å². The summed E-state index contributed by atoms with van der Waals surface area (Å²) < 4.78 is 0. The molecule has 2 rings (SSSR count). The quantitative estimate of drug-likeness (QED) is 0.783. The molecule has 0 bridgehead atoms. The van der Waals surface area contributed by atoms with Gasteiger partial charge in [0.2, 0.25) is 0 Å². The number of H-pyrrole nitrogens is 1. The molecule has 1 heterocycles. The molecular weight excluding hydrogens is 220 g/mol. The van der Waals surface area contributed by atoms with Crippen LogP contribution in [0.25, 0.3) is 10.9 Å². The lowest BCUT2D eigenvalue weighted by Gasteiger charge is -2.27. The van der Waals surface area contributed by atoms with Crippen LogP contribution in [0.15, 0.2) is 30.5 Å². The Morgan fingerprint density at radius 3 is 2.50 bits per heavy atom. The second-order valence-corrected chi connectivity index (χ2v) is 5.17. The summed E-state index contributed by atoms with van der Waals surface area (Å²) in [5.41, 5.74) is 8.69. The largest absolute Gasteiger partial charge is 0.361 e. The maximum Gasteiger partial charge on any atom is 0.0454 e. The number of aromatic nitrogens is 1. The minimum absolute atomic E-state index is 0. The van der Waals surface area contributed by atoms with Crippen LogP contribution in [0.4, 0.5) is 0 Å². The molecular formula is C13H19ClN2. The molecule has 0 saturated carbocycles. The lowest BCUT2D eigenvalue weighted by atomic mass is 9.83. The van der Waals surface area contributed by atoms with Gasteiger partial charge in [-0.1, -0.05) is 26.8 Å². The summed E-state index contributed by atoms with van der Waals surface area (Å²) in [5.74, 6) is 0. The first-order valence-corrected chi connectivity index (χ1v) is 5.31. The zero-order valence-corrected chi connectivity index (χ0v) is 10.8. The Kier molecular flexibility index (Phi) is 3.66. The molecule has 0 amide bonds. The molecule has 0 aliphatic rings. The van der Waals surface area contributed by atoms with E-state index in [1.165, 1.54) is 16.5 Å². The first-order valence-electron chi connectivity index (χ1n) is 5.31. The number of rotatable bonds is 1. The smallest absolute Gasteiger partial charge is 0.0454 e. The summed E-state index contributed by atoms with van der Waals surface area (Å²) in [6.07, 6.45) is 1.96. The van der Waals surface area contributed by atoms with Crippen molar-refractivity contribution in [2.45, 2.75) is 26.8 Å². The van der Waals surface area contributed by atoms with Crippen molar-refractivity contribution in [1.29, 1.82) is 0 Å². The fourth-order valence-corrected chi connectivity index (χ4v) is 1.77. The van der Waals surface area contributed by atoms with Gasteiger partial charge in [-0.3, -0.25) is 0 Å². The molecule has 0 radical (unpaired) electrons. The van der Waals surface area contributed by atoms with Gasteiger partial charge in [0.15, 0.2) is 0 Å². The van der Waals surface area contributed by atoms with E-state index in [1.807, 2.05) is 6.20 Å². The highest BCUT2D eigenvalue weighted by Gasteiger charge is 2.22. The van der Waals surface area contributed by atoms with Crippen molar-refractivity contribution in [1.82, 2.24) is 4.98 Å². The molecule has 3 N–H and O–H groups in total. The summed E-state index contributed by atoms with van der Waals surface area (Å²) in [5, 5.41) is 1.23. The summed E-state index contributed by atoms with van der Waals surface area (Å²) >= 11 is 0. The van der Waals surface area contributed by atoms with Crippen LogP contribution >= 0.6 is 12.4 Å². The molecule has 2 aromatic rings. The summed E-state index contributed by atoms with van der Waals surface area (Å²) in [6.45, 7) is 6.50. The topological polar surface area (TPSA) is 41.8 Å². The molecule has 2 nitrogen and oxygen atoms in total. The monoisotopic (exact) mass is 238 g/mol. The van der Waals surface area contributed by atoms with Crippen molar-refractivity contribution in [3.8, 4) is 0 Å². The highest BCUT2D eigenvalue weighted by atomic mass is 35.5. The van der Waals surface area contributed by atoms with Gasteiger partial charge < -0.3 is 10.7 Å². The van der Waals surface area contributed by atoms with Gasteiger partial charge in [-0.25, -0.2) is 0 Å². The molecule has 3 heteroatoms. The van der Waals surface area contributed by atoms with Crippen molar-refractivity contribution in [2.75, 3.05) is 0 Å². The maximum atomic E-state index is 6.22. The Bertz CT molecular complexity index is 468. The van der Waals surface area contributed by atoms with Gasteiger partial charge >= 0.3 is 0 Å². The third-order valence-electron chi connectivity index (χ3n) is 2.87. The van der Waals surface area contributed by atoms with E-state index < -0.39 is 0 Å². The highest BCUT2D eigenvalue weighted by molar-refractivity contribution is 5.85. The lowest BCUT2D eigenvalue weighted by Crippen LogP contribution is -2.26. The lowest BCUT2D eigenvalue weighted by molar-refractivity contribution is 0.327. The second kappa shape index (κ2) is 4.48. The molecule has 1 aromatic carbocycles. The number of hydrogen-bond donors (Lipinski definition) is 2. The fourth-order valence-electron chi connectivity index (χ4n) is 1.77. The van der Waals surface area contributed by atoms with Crippen LogP contribution in [0, 0.1) is 5.41 Å². The van der Waals surface area contributed by atoms with Gasteiger partial charge in [0.1, 0.15) is 0 Å². The van der Waals surface area contributed by atoms with Crippen molar-refractivity contribution < 1.29 is 0 Å². The zero-order valence-electron chi connectivity index (χ0n) is 9.95. The first kappa shape index (κ1) is 13.1. The third kappa shape index (κ3) is 2.39. The number of benzene rings is 1. The Balaban J connectivity index is 0.00000128. The highest BCUT2D eigenvalue weighted by Crippen LogP contribution is 2.31. The van der Waals surface area contributed by atoms with Crippen LogP contribution in [0.2, 0.25) is 0 Å². The fraction of sp³-hybridized carbons (Fsp3) is 0.385. The number of hydrogen-bond acceptors (Lipinski definition) is 1. The average Bonchev–Trinajstić information content (AvgIpc) is 2.61. The van der Waals surface area contributed by atoms with Crippen LogP contribution < -0.4 is 5.73 Å². The van der Waals surface area contributed by atoms with E-state index >= 15 is 0 Å². The molecule has 0 aliphatic carbocycles. The molecule has 0 fully saturated rings. The molecule has 16 heavy (non-hydrogen) atoms. The van der Waals surface area contributed by atoms with E-state index in [-0.39, 0.29) is 23.9 Å². The van der Waals surface area contributed by atoms with E-state index in [9.17, 15) is 0 Å².